The molecule has 1 aromatic rings. The molecular formula is C14H21FN2O. The molecule has 0 aromatic heterocycles. The molecule has 0 radical (unpaired) electrons. The van der Waals surface area contributed by atoms with Crippen LogP contribution in [0, 0.1) is 5.82 Å². The Morgan fingerprint density at radius 1 is 1.28 bits per heavy atom. The lowest BCUT2D eigenvalue weighted by Gasteiger charge is -2.16. The molecule has 2 rings (SSSR count). The molecule has 1 fully saturated rings. The first-order chi connectivity index (χ1) is 8.81. The van der Waals surface area contributed by atoms with Crippen LogP contribution in [0.4, 0.5) is 4.39 Å². The highest BCUT2D eigenvalue weighted by Gasteiger charge is 2.13. The highest BCUT2D eigenvalue weighted by atomic mass is 19.1. The Hall–Kier alpha value is -1.13. The van der Waals surface area contributed by atoms with Gasteiger partial charge in [0.15, 0.2) is 11.6 Å². The summed E-state index contributed by atoms with van der Waals surface area (Å²) in [5.41, 5.74) is 6.38. The summed E-state index contributed by atoms with van der Waals surface area (Å²) < 4.78 is 19.3. The normalized spacial score (nSPS) is 16.1. The molecule has 2 N–H and O–H groups in total. The molecule has 0 saturated carbocycles. The van der Waals surface area contributed by atoms with Gasteiger partial charge in [0.2, 0.25) is 0 Å². The smallest absolute Gasteiger partial charge is 0.165 e. The second-order valence-corrected chi connectivity index (χ2v) is 4.66. The molecule has 3 nitrogen and oxygen atoms in total. The molecule has 1 saturated heterocycles. The standard InChI is InChI=1S/C14H21FN2O/c15-13-5-3-4-12(6-7-16)14(13)18-11-10-17-8-1-2-9-17/h3-5H,1-2,6-11,16H2. The van der Waals surface area contributed by atoms with E-state index in [4.69, 9.17) is 10.5 Å². The van der Waals surface area contributed by atoms with Gasteiger partial charge >= 0.3 is 0 Å². The summed E-state index contributed by atoms with van der Waals surface area (Å²) in [5, 5.41) is 0. The number of rotatable bonds is 6. The number of ether oxygens (including phenoxy) is 1. The first-order valence-corrected chi connectivity index (χ1v) is 6.64. The molecule has 100 valence electrons. The maximum atomic E-state index is 13.7. The van der Waals surface area contributed by atoms with Gasteiger partial charge in [0.1, 0.15) is 6.61 Å². The Balaban J connectivity index is 1.90. The van der Waals surface area contributed by atoms with Crippen LogP contribution in [-0.2, 0) is 6.42 Å². The molecule has 0 spiro atoms. The minimum absolute atomic E-state index is 0.289. The third kappa shape index (κ3) is 3.43. The Morgan fingerprint density at radius 3 is 2.78 bits per heavy atom. The van der Waals surface area contributed by atoms with Gasteiger partial charge in [0.25, 0.3) is 0 Å². The maximum Gasteiger partial charge on any atom is 0.165 e. The number of halogens is 1. The predicted molar refractivity (Wildman–Crippen MR) is 70.3 cm³/mol. The molecule has 1 heterocycles. The molecule has 4 heteroatoms. The molecule has 0 aliphatic carbocycles. The van der Waals surface area contributed by atoms with E-state index < -0.39 is 0 Å². The van der Waals surface area contributed by atoms with Crippen molar-refractivity contribution in [2.75, 3.05) is 32.8 Å². The summed E-state index contributed by atoms with van der Waals surface area (Å²) in [7, 11) is 0. The van der Waals surface area contributed by atoms with Gasteiger partial charge in [-0.2, -0.15) is 0 Å². The van der Waals surface area contributed by atoms with Crippen LogP contribution in [0.15, 0.2) is 18.2 Å². The van der Waals surface area contributed by atoms with Crippen LogP contribution in [0.5, 0.6) is 5.75 Å². The number of nitrogens with zero attached hydrogens (tertiary/aromatic N) is 1. The highest BCUT2D eigenvalue weighted by molar-refractivity contribution is 5.35. The van der Waals surface area contributed by atoms with Gasteiger partial charge in [0.05, 0.1) is 0 Å². The lowest BCUT2D eigenvalue weighted by molar-refractivity contribution is 0.229. The van der Waals surface area contributed by atoms with Crippen LogP contribution in [0.25, 0.3) is 0 Å². The van der Waals surface area contributed by atoms with E-state index in [0.717, 1.165) is 25.2 Å². The molecule has 1 aliphatic heterocycles. The summed E-state index contributed by atoms with van der Waals surface area (Å²) in [5.74, 6) is 0.0875. The largest absolute Gasteiger partial charge is 0.489 e. The lowest BCUT2D eigenvalue weighted by atomic mass is 10.1. The zero-order valence-corrected chi connectivity index (χ0v) is 10.7. The predicted octanol–water partition coefficient (Wildman–Crippen LogP) is 1.80. The number of hydrogen-bond donors (Lipinski definition) is 1. The first kappa shape index (κ1) is 13.3. The van der Waals surface area contributed by atoms with Crippen molar-refractivity contribution >= 4 is 0 Å². The van der Waals surface area contributed by atoms with Crippen molar-refractivity contribution in [3.05, 3.63) is 29.6 Å². The zero-order chi connectivity index (χ0) is 12.8. The van der Waals surface area contributed by atoms with Gasteiger partial charge in [-0.05, 0) is 50.5 Å². The van der Waals surface area contributed by atoms with E-state index in [1.807, 2.05) is 6.07 Å². The Bertz CT molecular complexity index is 378. The van der Waals surface area contributed by atoms with E-state index >= 15 is 0 Å². The fourth-order valence-corrected chi connectivity index (χ4v) is 2.35. The molecule has 0 atom stereocenters. The topological polar surface area (TPSA) is 38.5 Å². The Labute approximate surface area is 108 Å². The van der Waals surface area contributed by atoms with E-state index in [1.54, 1.807) is 6.07 Å². The van der Waals surface area contributed by atoms with Crippen molar-refractivity contribution in [1.82, 2.24) is 4.90 Å². The number of likely N-dealkylation sites (tertiary alicyclic amines) is 1. The number of benzene rings is 1. The zero-order valence-electron chi connectivity index (χ0n) is 10.7. The van der Waals surface area contributed by atoms with Crippen molar-refractivity contribution in [2.45, 2.75) is 19.3 Å². The van der Waals surface area contributed by atoms with Crippen LogP contribution in [0.1, 0.15) is 18.4 Å². The van der Waals surface area contributed by atoms with Crippen LogP contribution in [-0.4, -0.2) is 37.7 Å². The van der Waals surface area contributed by atoms with Crippen molar-refractivity contribution in [3.8, 4) is 5.75 Å². The average Bonchev–Trinajstić information content (AvgIpc) is 2.86. The molecular weight excluding hydrogens is 231 g/mol. The summed E-state index contributed by atoms with van der Waals surface area (Å²) >= 11 is 0. The van der Waals surface area contributed by atoms with Gasteiger partial charge in [-0.1, -0.05) is 12.1 Å². The molecule has 0 unspecified atom stereocenters. The fourth-order valence-electron chi connectivity index (χ4n) is 2.35. The van der Waals surface area contributed by atoms with Crippen molar-refractivity contribution in [2.24, 2.45) is 5.73 Å². The highest BCUT2D eigenvalue weighted by Crippen LogP contribution is 2.23. The van der Waals surface area contributed by atoms with Crippen LogP contribution in [0.2, 0.25) is 0 Å². The number of hydrogen-bond acceptors (Lipinski definition) is 3. The van der Waals surface area contributed by atoms with Gasteiger partial charge in [-0.25, -0.2) is 4.39 Å². The third-order valence-corrected chi connectivity index (χ3v) is 3.31. The second-order valence-electron chi connectivity index (χ2n) is 4.66. The first-order valence-electron chi connectivity index (χ1n) is 6.64. The van der Waals surface area contributed by atoms with Gasteiger partial charge in [-0.15, -0.1) is 0 Å². The van der Waals surface area contributed by atoms with Crippen molar-refractivity contribution in [3.63, 3.8) is 0 Å². The summed E-state index contributed by atoms with van der Waals surface area (Å²) in [6.45, 7) is 4.19. The van der Waals surface area contributed by atoms with Crippen molar-refractivity contribution in [1.29, 1.82) is 0 Å². The molecule has 1 aliphatic rings. The lowest BCUT2D eigenvalue weighted by Crippen LogP contribution is -2.25. The Kier molecular flexibility index (Phi) is 4.96. The van der Waals surface area contributed by atoms with Gasteiger partial charge in [-0.3, -0.25) is 4.90 Å². The second kappa shape index (κ2) is 6.71. The number of para-hydroxylation sites is 1. The fraction of sp³-hybridized carbons (Fsp3) is 0.571. The van der Waals surface area contributed by atoms with Crippen LogP contribution in [0.3, 0.4) is 0 Å². The minimum atomic E-state index is -0.289. The van der Waals surface area contributed by atoms with Crippen molar-refractivity contribution < 1.29 is 9.13 Å². The third-order valence-electron chi connectivity index (χ3n) is 3.31. The minimum Gasteiger partial charge on any atom is -0.489 e. The van der Waals surface area contributed by atoms with E-state index in [-0.39, 0.29) is 5.82 Å². The average molecular weight is 252 g/mol. The SMILES string of the molecule is NCCc1cccc(F)c1OCCN1CCCC1. The van der Waals surface area contributed by atoms with E-state index in [2.05, 4.69) is 4.90 Å². The summed E-state index contributed by atoms with van der Waals surface area (Å²) in [6, 6.07) is 5.01. The Morgan fingerprint density at radius 2 is 2.06 bits per heavy atom. The summed E-state index contributed by atoms with van der Waals surface area (Å²) in [4.78, 5) is 2.35. The maximum absolute atomic E-state index is 13.7. The molecule has 0 amide bonds. The van der Waals surface area contributed by atoms with Crippen LogP contribution >= 0.6 is 0 Å². The molecule has 0 bridgehead atoms. The monoisotopic (exact) mass is 252 g/mol. The van der Waals surface area contributed by atoms with Gasteiger partial charge in [0, 0.05) is 6.54 Å². The van der Waals surface area contributed by atoms with E-state index in [0.29, 0.717) is 25.3 Å². The molecule has 18 heavy (non-hydrogen) atoms. The van der Waals surface area contributed by atoms with E-state index in [9.17, 15) is 4.39 Å². The van der Waals surface area contributed by atoms with Crippen LogP contribution < -0.4 is 10.5 Å². The quantitative estimate of drug-likeness (QED) is 0.839. The van der Waals surface area contributed by atoms with Gasteiger partial charge < -0.3 is 10.5 Å². The summed E-state index contributed by atoms with van der Waals surface area (Å²) in [6.07, 6.45) is 3.17. The van der Waals surface area contributed by atoms with E-state index in [1.165, 1.54) is 18.9 Å². The molecule has 1 aromatic carbocycles. The number of nitrogens with two attached hydrogens (primary N) is 1.